The fourth-order valence-electron chi connectivity index (χ4n) is 18.7. The fraction of sp³-hybridized carbons (Fsp3) is 0.731. The molecule has 12 fully saturated rings. The molecular formula is C104H164N4O22. The lowest BCUT2D eigenvalue weighted by atomic mass is 9.83. The molecule has 9 N–H and O–H groups in total. The summed E-state index contributed by atoms with van der Waals surface area (Å²) in [6.07, 6.45) is 41.9. The van der Waals surface area contributed by atoms with E-state index in [1.54, 1.807) is 25.2 Å². The zero-order chi connectivity index (χ0) is 95.8. The number of ether oxygens (including phenoxy) is 13. The SMILES string of the molecule is CC(/C=C/[C@H]1OC(C)(C)C[C@@]2(CO2)[C@@H]1O)=C\C[C@@H]1O[C@H](C)[C@H](NC(=O)/C=C\C(C)C)C[C@@H]1C.CC(/C=C/[C@H]1OC(C)(C)C[C@@]2(CO2)[C@@H]1O)=C\C[C@@H]1O[C@H](C)[C@H](NC(=O)/C=C\[C@H](C)O)C[C@@H]1C.CC(/C=C/[C@H]1OC(C)(C)C[C@@]2(CO2)[C@@H]1O)=C\C[C@H]1CC[C@@H](NC(=O)/C=C\C(C)C)[C@@H](C)O1.CC(/C=C/[C@H]1OC(C)(C)C[C@@]2(CO2)[C@@H]1O)=C\C[C@H]1OC[C@@H](NC(=O)/C=C\C(C)C)[C@@H](C)O1. The summed E-state index contributed by atoms with van der Waals surface area (Å²) in [6, 6.07) is -0.162. The molecule has 0 bridgehead atoms. The summed E-state index contributed by atoms with van der Waals surface area (Å²) >= 11 is 0. The molecule has 4 amide bonds. The van der Waals surface area contributed by atoms with Gasteiger partial charge in [-0.2, -0.15) is 0 Å². The average molecular weight is 1820 g/mol. The Morgan fingerprint density at radius 1 is 0.369 bits per heavy atom. The predicted octanol–water partition coefficient (Wildman–Crippen LogP) is 13.8. The molecule has 0 unspecified atom stereocenters. The number of rotatable bonds is 28. The topological polar surface area (TPSA) is 351 Å². The van der Waals surface area contributed by atoms with E-state index in [9.17, 15) is 44.7 Å². The van der Waals surface area contributed by atoms with Crippen molar-refractivity contribution >= 4 is 23.6 Å². The number of aliphatic hydroxyl groups excluding tert-OH is 5. The van der Waals surface area contributed by atoms with Crippen molar-refractivity contribution in [2.45, 2.75) is 423 Å². The van der Waals surface area contributed by atoms with Gasteiger partial charge in [-0.05, 0) is 210 Å². The van der Waals surface area contributed by atoms with Crippen molar-refractivity contribution < 1.29 is 106 Å². The van der Waals surface area contributed by atoms with Crippen molar-refractivity contribution in [1.82, 2.24) is 21.3 Å². The van der Waals surface area contributed by atoms with Gasteiger partial charge in [0.05, 0.1) is 128 Å². The summed E-state index contributed by atoms with van der Waals surface area (Å²) in [7, 11) is 0. The highest BCUT2D eigenvalue weighted by atomic mass is 16.7. The molecule has 130 heavy (non-hydrogen) atoms. The van der Waals surface area contributed by atoms with E-state index >= 15 is 0 Å². The second-order valence-electron chi connectivity index (χ2n) is 42.6. The summed E-state index contributed by atoms with van der Waals surface area (Å²) in [5.41, 5.74) is 1.26. The van der Waals surface area contributed by atoms with Gasteiger partial charge in [-0.1, -0.05) is 175 Å². The van der Waals surface area contributed by atoms with Gasteiger partial charge < -0.3 is 108 Å². The maximum absolute atomic E-state index is 12.2. The van der Waals surface area contributed by atoms with E-state index in [4.69, 9.17) is 61.6 Å². The molecule has 0 radical (unpaired) electrons. The van der Waals surface area contributed by atoms with Crippen LogP contribution in [-0.2, 0) is 80.8 Å². The van der Waals surface area contributed by atoms with Gasteiger partial charge in [-0.25, -0.2) is 0 Å². The van der Waals surface area contributed by atoms with Crippen LogP contribution in [0.1, 0.15) is 250 Å². The van der Waals surface area contributed by atoms with Gasteiger partial charge in [0.15, 0.2) is 6.29 Å². The highest BCUT2D eigenvalue weighted by molar-refractivity contribution is 5.89. The molecule has 12 aliphatic heterocycles. The summed E-state index contributed by atoms with van der Waals surface area (Å²) in [4.78, 5) is 48.3. The molecule has 4 spiro atoms. The highest BCUT2D eigenvalue weighted by Gasteiger charge is 2.64. The fourth-order valence-corrected chi connectivity index (χ4v) is 18.7. The number of carbonyl (C=O) groups excluding carboxylic acids is 4. The molecule has 0 aromatic heterocycles. The van der Waals surface area contributed by atoms with E-state index < -0.39 is 65.1 Å². The first-order valence-corrected chi connectivity index (χ1v) is 48.1. The monoisotopic (exact) mass is 1820 g/mol. The Bertz CT molecular complexity index is 3830. The standard InChI is InChI=1S/C27H43NO5.C26H41NO6.C26H41NO5.C25H39NO6/c1-17(2)8-13-24(29)28-21-14-19(4)22(32-20(21)5)11-9-18(3)10-12-23-25(30)27(16-31-27)15-26(6,7)33-23;1-16(8-11-22-24(30)26(15-31-26)14-25(5,6)33-22)7-10-21-17(2)13-20(19(4)32-21)27-23(29)12-9-18(3)28;1-17(2)7-14-23(28)27-21-12-11-20(31-19(21)4)10-8-18(3)9-13-22-24(29)26(16-30-26)15-25(5,6)32-22;1-16(2)7-11-21(27)26-19-13-29-22(31-18(19)4)12-9-17(3)8-10-20-23(28)25(15-30-25)14-24(5,6)32-20/h8-10,12-13,17,19-23,25,30H,11,14-16H2,1-7H3,(H,28,29);7-9,11-12,17-22,24,28,30H,10,13-15H2,1-6H3,(H,27,29);7-9,13-14,17,19-22,24,29H,10-12,15-16H2,1-6H3,(H,27,28);7-11,16,18-20,22-23,28H,12-15H2,1-6H3,(H,26,27)/b12-10+,13-8-,18-9+;11-8+,12-9-,16-7+;13-9+,14-7-,18-8+;10-8+,11-7-,17-9+/t19-,20+,21+,22-,23+,25+,27+;17-,18-,19+,20+,21-,22+,24+,26+;19-,20+,21-,22-,24-,26-;18-,19-,20-,22+,23-,25-/m0011/s1. The van der Waals surface area contributed by atoms with Crippen LogP contribution in [0.15, 0.2) is 144 Å². The van der Waals surface area contributed by atoms with Crippen molar-refractivity contribution in [3.05, 3.63) is 144 Å². The second-order valence-corrected chi connectivity index (χ2v) is 42.6. The van der Waals surface area contributed by atoms with Gasteiger partial charge in [0.1, 0.15) is 71.2 Å². The van der Waals surface area contributed by atoms with Gasteiger partial charge in [0.2, 0.25) is 23.6 Å². The van der Waals surface area contributed by atoms with E-state index in [1.165, 1.54) is 12.2 Å². The number of hydrogen-bond donors (Lipinski definition) is 9. The Labute approximate surface area is 776 Å². The van der Waals surface area contributed by atoms with Crippen molar-refractivity contribution in [3.8, 4) is 0 Å². The van der Waals surface area contributed by atoms with Crippen LogP contribution in [-0.4, -0.2) is 255 Å². The number of amides is 4. The van der Waals surface area contributed by atoms with Crippen LogP contribution in [0.3, 0.4) is 0 Å². The minimum atomic E-state index is -0.659. The average Bonchev–Trinajstić information content (AvgIpc) is 1.60. The summed E-state index contributed by atoms with van der Waals surface area (Å²) in [5, 5.41) is 64.0. The molecule has 26 nitrogen and oxygen atoms in total. The zero-order valence-electron chi connectivity index (χ0n) is 82.8. The van der Waals surface area contributed by atoms with E-state index in [0.29, 0.717) is 88.8 Å². The van der Waals surface area contributed by atoms with E-state index in [1.807, 2.05) is 184 Å². The van der Waals surface area contributed by atoms with Gasteiger partial charge >= 0.3 is 0 Å². The van der Waals surface area contributed by atoms with Crippen LogP contribution in [0.4, 0.5) is 0 Å². The first kappa shape index (κ1) is 108. The first-order valence-electron chi connectivity index (χ1n) is 48.1. The van der Waals surface area contributed by atoms with Crippen LogP contribution in [0.25, 0.3) is 0 Å². The molecule has 12 heterocycles. The molecule has 0 aromatic rings. The Hall–Kier alpha value is -5.96. The lowest BCUT2D eigenvalue weighted by molar-refractivity contribution is -0.217. The molecule has 12 saturated heterocycles. The Balaban J connectivity index is 0.000000195. The molecule has 12 aliphatic rings. The summed E-state index contributed by atoms with van der Waals surface area (Å²) < 4.78 is 77.1. The van der Waals surface area contributed by atoms with Crippen LogP contribution in [0.2, 0.25) is 0 Å². The normalized spacial score (nSPS) is 38.5. The second kappa shape index (κ2) is 46.7. The Morgan fingerprint density at radius 3 is 0.954 bits per heavy atom. The van der Waals surface area contributed by atoms with Gasteiger partial charge in [0, 0.05) is 38.2 Å². The zero-order valence-corrected chi connectivity index (χ0v) is 82.8. The van der Waals surface area contributed by atoms with Crippen LogP contribution in [0, 0.1) is 29.6 Å². The maximum atomic E-state index is 12.2. The Morgan fingerprint density at radius 2 is 0.654 bits per heavy atom. The Kier molecular flexibility index (Phi) is 38.7. The summed E-state index contributed by atoms with van der Waals surface area (Å²) in [6.45, 7) is 53.4. The third-order valence-corrected chi connectivity index (χ3v) is 26.4. The van der Waals surface area contributed by atoms with Gasteiger partial charge in [0.25, 0.3) is 0 Å². The number of hydrogen-bond acceptors (Lipinski definition) is 22. The number of aliphatic hydroxyl groups is 5. The molecular weight excluding hydrogens is 1660 g/mol. The molecule has 26 heteroatoms. The van der Waals surface area contributed by atoms with E-state index in [-0.39, 0.29) is 137 Å². The van der Waals surface area contributed by atoms with Crippen LogP contribution < -0.4 is 21.3 Å². The third kappa shape index (κ3) is 33.2. The predicted molar refractivity (Wildman–Crippen MR) is 504 cm³/mol. The number of epoxide rings is 4. The number of nitrogens with one attached hydrogen (secondary N) is 4. The van der Waals surface area contributed by atoms with Crippen LogP contribution >= 0.6 is 0 Å². The minimum Gasteiger partial charge on any atom is -0.389 e. The maximum Gasteiger partial charge on any atom is 0.244 e. The van der Waals surface area contributed by atoms with Crippen molar-refractivity contribution in [3.63, 3.8) is 0 Å². The van der Waals surface area contributed by atoms with Crippen molar-refractivity contribution in [1.29, 1.82) is 0 Å². The highest BCUT2D eigenvalue weighted by Crippen LogP contribution is 2.50. The molecule has 27 atom stereocenters. The number of allylic oxidation sites excluding steroid dienone is 11. The molecule has 0 saturated carbocycles. The molecule has 0 aliphatic carbocycles. The minimum absolute atomic E-state index is 0.0165. The van der Waals surface area contributed by atoms with Crippen LogP contribution in [0.5, 0.6) is 0 Å². The molecule has 732 valence electrons. The van der Waals surface area contributed by atoms with Gasteiger partial charge in [-0.15, -0.1) is 0 Å². The molecule has 12 rings (SSSR count). The van der Waals surface area contributed by atoms with Gasteiger partial charge in [-0.3, -0.25) is 19.2 Å². The van der Waals surface area contributed by atoms with E-state index in [2.05, 4.69) is 94.9 Å². The van der Waals surface area contributed by atoms with Crippen molar-refractivity contribution in [2.75, 3.05) is 33.0 Å². The third-order valence-electron chi connectivity index (χ3n) is 26.4. The summed E-state index contributed by atoms with van der Waals surface area (Å²) in [5.74, 6) is 1.22. The molecule has 0 aromatic carbocycles. The van der Waals surface area contributed by atoms with Crippen molar-refractivity contribution in [2.24, 2.45) is 29.6 Å². The smallest absolute Gasteiger partial charge is 0.244 e. The van der Waals surface area contributed by atoms with E-state index in [0.717, 1.165) is 67.2 Å². The lowest BCUT2D eigenvalue weighted by Gasteiger charge is -2.41. The lowest BCUT2D eigenvalue weighted by Crippen LogP contribution is -2.53. The largest absolute Gasteiger partial charge is 0.389 e. The number of carbonyl (C=O) groups is 4. The first-order chi connectivity index (χ1) is 60.8. The quantitative estimate of drug-likeness (QED) is 0.0200.